The van der Waals surface area contributed by atoms with E-state index in [1.807, 2.05) is 6.92 Å². The van der Waals surface area contributed by atoms with Gasteiger partial charge in [-0.1, -0.05) is 0 Å². The number of carbonyl (C=O) groups is 1. The van der Waals surface area contributed by atoms with Crippen LogP contribution in [-0.2, 0) is 0 Å². The van der Waals surface area contributed by atoms with Gasteiger partial charge in [-0.15, -0.1) is 0 Å². The molecule has 15 heavy (non-hydrogen) atoms. The number of aromatic carboxylic acids is 1. The number of carboxylic acid groups (broad SMARTS) is 1. The Labute approximate surface area is 88.6 Å². The number of hydrogen-bond acceptors (Lipinski definition) is 3. The highest BCUT2D eigenvalue weighted by Gasteiger charge is 2.04. The molecule has 0 unspecified atom stereocenters. The van der Waals surface area contributed by atoms with Crippen molar-refractivity contribution in [3.63, 3.8) is 0 Å². The number of rotatable bonds is 5. The standard InChI is InChI=1S/C11H15NO3/c1-8-7-9(11(14)15)3-4-10(8)12-5-2-6-13/h3-4,7,12-13H,2,5-6H2,1H3,(H,14,15). The molecule has 1 aromatic carbocycles. The second-order valence-corrected chi connectivity index (χ2v) is 3.34. The number of anilines is 1. The fourth-order valence-corrected chi connectivity index (χ4v) is 1.30. The molecule has 4 nitrogen and oxygen atoms in total. The predicted octanol–water partition coefficient (Wildman–Crippen LogP) is 1.49. The van der Waals surface area contributed by atoms with Crippen molar-refractivity contribution in [1.82, 2.24) is 0 Å². The average Bonchev–Trinajstić information content (AvgIpc) is 2.20. The number of hydrogen-bond donors (Lipinski definition) is 3. The number of benzene rings is 1. The number of nitrogens with one attached hydrogen (secondary N) is 1. The molecule has 0 heterocycles. The molecule has 3 N–H and O–H groups in total. The van der Waals surface area contributed by atoms with Crippen molar-refractivity contribution in [3.05, 3.63) is 29.3 Å². The number of aliphatic hydroxyl groups is 1. The summed E-state index contributed by atoms with van der Waals surface area (Å²) in [5.41, 5.74) is 2.10. The molecule has 0 fully saturated rings. The van der Waals surface area contributed by atoms with Crippen molar-refractivity contribution in [2.24, 2.45) is 0 Å². The molecular weight excluding hydrogens is 194 g/mol. The van der Waals surface area contributed by atoms with Crippen LogP contribution < -0.4 is 5.32 Å². The van der Waals surface area contributed by atoms with Gasteiger partial charge in [0.05, 0.1) is 5.56 Å². The fourth-order valence-electron chi connectivity index (χ4n) is 1.30. The summed E-state index contributed by atoms with van der Waals surface area (Å²) in [5, 5.41) is 20.5. The molecule has 4 heteroatoms. The summed E-state index contributed by atoms with van der Waals surface area (Å²) in [6.45, 7) is 2.69. The van der Waals surface area contributed by atoms with Gasteiger partial charge in [0.15, 0.2) is 0 Å². The van der Waals surface area contributed by atoms with Gasteiger partial charge < -0.3 is 15.5 Å². The second-order valence-electron chi connectivity index (χ2n) is 3.34. The molecule has 0 amide bonds. The van der Waals surface area contributed by atoms with Crippen LogP contribution >= 0.6 is 0 Å². The van der Waals surface area contributed by atoms with E-state index in [0.29, 0.717) is 18.5 Å². The first-order valence-corrected chi connectivity index (χ1v) is 4.84. The Hall–Kier alpha value is -1.55. The van der Waals surface area contributed by atoms with E-state index in [4.69, 9.17) is 10.2 Å². The minimum Gasteiger partial charge on any atom is -0.478 e. The highest BCUT2D eigenvalue weighted by Crippen LogP contribution is 2.16. The average molecular weight is 209 g/mol. The van der Waals surface area contributed by atoms with E-state index in [1.54, 1.807) is 18.2 Å². The van der Waals surface area contributed by atoms with E-state index >= 15 is 0 Å². The molecule has 0 spiro atoms. The van der Waals surface area contributed by atoms with E-state index in [-0.39, 0.29) is 6.61 Å². The van der Waals surface area contributed by atoms with Gasteiger partial charge in [-0.3, -0.25) is 0 Å². The third kappa shape index (κ3) is 3.25. The Morgan fingerprint density at radius 1 is 1.47 bits per heavy atom. The Kier molecular flexibility index (Phi) is 4.12. The summed E-state index contributed by atoms with van der Waals surface area (Å²) >= 11 is 0. The Morgan fingerprint density at radius 2 is 2.20 bits per heavy atom. The lowest BCUT2D eigenvalue weighted by Gasteiger charge is -2.09. The maximum atomic E-state index is 10.7. The van der Waals surface area contributed by atoms with Crippen molar-refractivity contribution >= 4 is 11.7 Å². The molecule has 0 aliphatic carbocycles. The summed E-state index contributed by atoms with van der Waals surface area (Å²) in [4.78, 5) is 10.7. The largest absolute Gasteiger partial charge is 0.478 e. The van der Waals surface area contributed by atoms with E-state index in [9.17, 15) is 4.79 Å². The minimum atomic E-state index is -0.917. The molecule has 0 atom stereocenters. The van der Waals surface area contributed by atoms with E-state index in [0.717, 1.165) is 11.3 Å². The second kappa shape index (κ2) is 5.36. The first-order valence-electron chi connectivity index (χ1n) is 4.84. The van der Waals surface area contributed by atoms with E-state index in [2.05, 4.69) is 5.32 Å². The Bertz CT molecular complexity index is 350. The first kappa shape index (κ1) is 11.5. The van der Waals surface area contributed by atoms with Gasteiger partial charge >= 0.3 is 5.97 Å². The van der Waals surface area contributed by atoms with Crippen LogP contribution in [0.3, 0.4) is 0 Å². The first-order chi connectivity index (χ1) is 7.15. The van der Waals surface area contributed by atoms with Crippen LogP contribution in [0.25, 0.3) is 0 Å². The summed E-state index contributed by atoms with van der Waals surface area (Å²) in [6.07, 6.45) is 0.681. The number of aryl methyl sites for hydroxylation is 1. The smallest absolute Gasteiger partial charge is 0.335 e. The third-order valence-electron chi connectivity index (χ3n) is 2.12. The zero-order valence-corrected chi connectivity index (χ0v) is 8.66. The summed E-state index contributed by atoms with van der Waals surface area (Å²) in [6, 6.07) is 4.94. The third-order valence-corrected chi connectivity index (χ3v) is 2.12. The molecule has 0 aromatic heterocycles. The highest BCUT2D eigenvalue weighted by molar-refractivity contribution is 5.88. The van der Waals surface area contributed by atoms with Crippen LogP contribution in [0.2, 0.25) is 0 Å². The van der Waals surface area contributed by atoms with Gasteiger partial charge in [0, 0.05) is 18.8 Å². The quantitative estimate of drug-likeness (QED) is 0.642. The molecule has 0 radical (unpaired) electrons. The SMILES string of the molecule is Cc1cc(C(=O)O)ccc1NCCCO. The summed E-state index contributed by atoms with van der Waals surface area (Å²) in [5.74, 6) is -0.917. The van der Waals surface area contributed by atoms with Crippen molar-refractivity contribution in [2.75, 3.05) is 18.5 Å². The van der Waals surface area contributed by atoms with Crippen LogP contribution in [0.1, 0.15) is 22.3 Å². The highest BCUT2D eigenvalue weighted by atomic mass is 16.4. The molecule has 0 bridgehead atoms. The van der Waals surface area contributed by atoms with Crippen LogP contribution in [0, 0.1) is 6.92 Å². The minimum absolute atomic E-state index is 0.152. The van der Waals surface area contributed by atoms with Gasteiger partial charge in [-0.25, -0.2) is 4.79 Å². The molecule has 0 aliphatic rings. The van der Waals surface area contributed by atoms with Crippen molar-refractivity contribution < 1.29 is 15.0 Å². The Balaban J connectivity index is 2.70. The fraction of sp³-hybridized carbons (Fsp3) is 0.364. The predicted molar refractivity (Wildman–Crippen MR) is 58.3 cm³/mol. The van der Waals surface area contributed by atoms with E-state index in [1.165, 1.54) is 0 Å². The zero-order chi connectivity index (χ0) is 11.3. The molecular formula is C11H15NO3. The zero-order valence-electron chi connectivity index (χ0n) is 8.66. The lowest BCUT2D eigenvalue weighted by molar-refractivity contribution is 0.0697. The monoisotopic (exact) mass is 209 g/mol. The maximum Gasteiger partial charge on any atom is 0.335 e. The molecule has 0 saturated carbocycles. The van der Waals surface area contributed by atoms with Crippen LogP contribution in [-0.4, -0.2) is 29.3 Å². The lowest BCUT2D eigenvalue weighted by Crippen LogP contribution is -2.05. The van der Waals surface area contributed by atoms with Crippen LogP contribution in [0.5, 0.6) is 0 Å². The lowest BCUT2D eigenvalue weighted by atomic mass is 10.1. The summed E-state index contributed by atoms with van der Waals surface area (Å²) in [7, 11) is 0. The summed E-state index contributed by atoms with van der Waals surface area (Å²) < 4.78 is 0. The van der Waals surface area contributed by atoms with Gasteiger partial charge in [-0.2, -0.15) is 0 Å². The van der Waals surface area contributed by atoms with E-state index < -0.39 is 5.97 Å². The van der Waals surface area contributed by atoms with Gasteiger partial charge in [0.1, 0.15) is 0 Å². The molecule has 82 valence electrons. The van der Waals surface area contributed by atoms with Crippen LogP contribution in [0.4, 0.5) is 5.69 Å². The molecule has 1 rings (SSSR count). The number of aliphatic hydroxyl groups excluding tert-OH is 1. The topological polar surface area (TPSA) is 69.6 Å². The molecule has 1 aromatic rings. The Morgan fingerprint density at radius 3 is 2.73 bits per heavy atom. The normalized spacial score (nSPS) is 10.0. The van der Waals surface area contributed by atoms with Gasteiger partial charge in [0.2, 0.25) is 0 Å². The van der Waals surface area contributed by atoms with Gasteiger partial charge in [-0.05, 0) is 37.1 Å². The van der Waals surface area contributed by atoms with Crippen molar-refractivity contribution in [1.29, 1.82) is 0 Å². The number of carboxylic acids is 1. The van der Waals surface area contributed by atoms with Gasteiger partial charge in [0.25, 0.3) is 0 Å². The molecule has 0 aliphatic heterocycles. The van der Waals surface area contributed by atoms with Crippen LogP contribution in [0.15, 0.2) is 18.2 Å². The molecule has 0 saturated heterocycles. The van der Waals surface area contributed by atoms with Crippen molar-refractivity contribution in [2.45, 2.75) is 13.3 Å². The maximum absolute atomic E-state index is 10.7. The van der Waals surface area contributed by atoms with Crippen molar-refractivity contribution in [3.8, 4) is 0 Å².